The van der Waals surface area contributed by atoms with Crippen LogP contribution in [0.25, 0.3) is 16.7 Å². The van der Waals surface area contributed by atoms with Gasteiger partial charge in [0, 0.05) is 24.8 Å². The highest BCUT2D eigenvalue weighted by molar-refractivity contribution is 5.74. The van der Waals surface area contributed by atoms with Crippen LogP contribution in [0.1, 0.15) is 11.1 Å². The number of benzene rings is 2. The number of carbonyl (C=O) groups is 1. The van der Waals surface area contributed by atoms with Crippen LogP contribution in [0.5, 0.6) is 0 Å². The molecule has 4 rings (SSSR count). The molecular weight excluding hydrogens is 401 g/mol. The summed E-state index contributed by atoms with van der Waals surface area (Å²) in [6, 6.07) is 16.2. The number of rotatable bonds is 5. The number of aromatic amines is 1. The number of fused-ring (bicyclic) bond motifs is 1. The minimum Gasteiger partial charge on any atom is -0.475 e. The van der Waals surface area contributed by atoms with Crippen LogP contribution in [0.4, 0.5) is 13.2 Å². The third kappa shape index (κ3) is 5.64. The van der Waals surface area contributed by atoms with E-state index in [1.54, 1.807) is 0 Å². The van der Waals surface area contributed by atoms with E-state index in [1.165, 1.54) is 5.56 Å². The van der Waals surface area contributed by atoms with Crippen molar-refractivity contribution in [3.63, 3.8) is 0 Å². The predicted molar refractivity (Wildman–Crippen MR) is 102 cm³/mol. The topological polar surface area (TPSA) is 109 Å². The average molecular weight is 418 g/mol. The normalized spacial score (nSPS) is 11.2. The molecule has 2 aromatic heterocycles. The van der Waals surface area contributed by atoms with Gasteiger partial charge in [-0.3, -0.25) is 0 Å². The Labute approximate surface area is 168 Å². The van der Waals surface area contributed by atoms with Gasteiger partial charge in [0.15, 0.2) is 0 Å². The Balaban J connectivity index is 0.000000318. The van der Waals surface area contributed by atoms with Gasteiger partial charge in [-0.1, -0.05) is 24.3 Å². The van der Waals surface area contributed by atoms with Gasteiger partial charge in [0.1, 0.15) is 11.0 Å². The Morgan fingerprint density at radius 3 is 2.40 bits per heavy atom. The van der Waals surface area contributed by atoms with Crippen molar-refractivity contribution in [3.8, 4) is 5.69 Å². The second kappa shape index (κ2) is 9.18. The number of halogens is 3. The highest BCUT2D eigenvalue weighted by atomic mass is 19.4. The maximum atomic E-state index is 10.6. The molecule has 11 heteroatoms. The molecule has 0 unspecified atom stereocenters. The summed E-state index contributed by atoms with van der Waals surface area (Å²) in [4.78, 5) is 8.90. The average Bonchev–Trinajstić information content (AvgIpc) is 3.37. The first-order valence-corrected chi connectivity index (χ1v) is 8.72. The molecule has 0 amide bonds. The monoisotopic (exact) mass is 418 g/mol. The van der Waals surface area contributed by atoms with Gasteiger partial charge in [-0.05, 0) is 29.8 Å². The lowest BCUT2D eigenvalue weighted by molar-refractivity contribution is -0.192. The van der Waals surface area contributed by atoms with E-state index in [-0.39, 0.29) is 0 Å². The predicted octanol–water partition coefficient (Wildman–Crippen LogP) is 3.07. The molecule has 0 saturated carbocycles. The van der Waals surface area contributed by atoms with Crippen LogP contribution in [0.15, 0.2) is 60.9 Å². The van der Waals surface area contributed by atoms with E-state index in [0.29, 0.717) is 0 Å². The summed E-state index contributed by atoms with van der Waals surface area (Å²) in [5.74, 6) is -2.76. The number of nitrogens with one attached hydrogen (secondary N) is 2. The van der Waals surface area contributed by atoms with Crippen LogP contribution >= 0.6 is 0 Å². The number of hydrogen-bond donors (Lipinski definition) is 3. The molecule has 0 radical (unpaired) electrons. The van der Waals surface area contributed by atoms with Crippen LogP contribution in [0.3, 0.4) is 0 Å². The number of carboxylic acids is 1. The lowest BCUT2D eigenvalue weighted by atomic mass is 10.2. The van der Waals surface area contributed by atoms with Gasteiger partial charge in [-0.15, -0.1) is 0 Å². The van der Waals surface area contributed by atoms with Crippen molar-refractivity contribution in [1.82, 2.24) is 30.5 Å². The Hall–Kier alpha value is -3.73. The second-order valence-electron chi connectivity index (χ2n) is 6.18. The number of carboxylic acid groups (broad SMARTS) is 1. The zero-order chi connectivity index (χ0) is 21.6. The molecular formula is C19H17F3N6O2. The van der Waals surface area contributed by atoms with Crippen LogP contribution < -0.4 is 5.32 Å². The van der Waals surface area contributed by atoms with Gasteiger partial charge in [0.25, 0.3) is 0 Å². The molecule has 0 aliphatic heterocycles. The largest absolute Gasteiger partial charge is 0.490 e. The third-order valence-corrected chi connectivity index (χ3v) is 3.94. The highest BCUT2D eigenvalue weighted by Gasteiger charge is 2.38. The molecule has 2 heterocycles. The van der Waals surface area contributed by atoms with Crippen molar-refractivity contribution < 1.29 is 23.1 Å². The Morgan fingerprint density at radius 2 is 1.70 bits per heavy atom. The van der Waals surface area contributed by atoms with Crippen molar-refractivity contribution in [2.45, 2.75) is 19.3 Å². The Bertz CT molecular complexity index is 1110. The molecule has 0 bridgehead atoms. The summed E-state index contributed by atoms with van der Waals surface area (Å²) in [5.41, 5.74) is 5.17. The molecule has 0 saturated heterocycles. The smallest absolute Gasteiger partial charge is 0.475 e. The molecule has 3 N–H and O–H groups in total. The van der Waals surface area contributed by atoms with Crippen molar-refractivity contribution >= 4 is 17.0 Å². The van der Waals surface area contributed by atoms with Crippen LogP contribution in [-0.4, -0.2) is 42.4 Å². The second-order valence-corrected chi connectivity index (χ2v) is 6.18. The number of aliphatic carboxylic acids is 1. The van der Waals surface area contributed by atoms with Crippen LogP contribution in [0.2, 0.25) is 0 Å². The van der Waals surface area contributed by atoms with E-state index in [2.05, 4.69) is 31.9 Å². The van der Waals surface area contributed by atoms with Crippen LogP contribution in [0, 0.1) is 0 Å². The summed E-state index contributed by atoms with van der Waals surface area (Å²) in [7, 11) is 0. The first-order chi connectivity index (χ1) is 14.3. The SMILES string of the molecule is O=C(O)C(F)(F)F.c1ccc(-n2cc(CNCc3ccc4n[nH]nc4c3)cn2)cc1. The minimum atomic E-state index is -5.08. The number of H-pyrrole nitrogens is 1. The fourth-order valence-electron chi connectivity index (χ4n) is 2.52. The molecule has 30 heavy (non-hydrogen) atoms. The fraction of sp³-hybridized carbons (Fsp3) is 0.158. The standard InChI is InChI=1S/C17H16N6.C2HF3O2/c1-2-4-15(5-3-1)23-12-14(11-19-23)10-18-9-13-6-7-16-17(8-13)21-22-20-16;3-2(4,5)1(6)7/h1-8,11-12,18H,9-10H2,(H,20,21,22);(H,6,7). The minimum absolute atomic E-state index is 0.768. The van der Waals surface area contributed by atoms with Gasteiger partial charge in [-0.25, -0.2) is 9.48 Å². The number of hydrogen-bond acceptors (Lipinski definition) is 5. The maximum absolute atomic E-state index is 10.6. The first kappa shape index (κ1) is 21.0. The molecule has 4 aromatic rings. The van der Waals surface area contributed by atoms with Crippen molar-refractivity contribution in [2.24, 2.45) is 0 Å². The summed E-state index contributed by atoms with van der Waals surface area (Å²) < 4.78 is 33.6. The van der Waals surface area contributed by atoms with E-state index in [0.717, 1.165) is 35.4 Å². The quantitative estimate of drug-likeness (QED) is 0.460. The lowest BCUT2D eigenvalue weighted by Crippen LogP contribution is -2.21. The van der Waals surface area contributed by atoms with Gasteiger partial charge >= 0.3 is 12.1 Å². The molecule has 8 nitrogen and oxygen atoms in total. The summed E-state index contributed by atoms with van der Waals surface area (Å²) in [5, 5.41) is 25.7. The summed E-state index contributed by atoms with van der Waals surface area (Å²) in [6.07, 6.45) is -1.15. The van der Waals surface area contributed by atoms with Gasteiger partial charge in [0.05, 0.1) is 11.9 Å². The molecule has 0 atom stereocenters. The van der Waals surface area contributed by atoms with Crippen LogP contribution in [-0.2, 0) is 17.9 Å². The molecule has 2 aromatic carbocycles. The number of alkyl halides is 3. The molecule has 0 fully saturated rings. The van der Waals surface area contributed by atoms with E-state index < -0.39 is 12.1 Å². The molecule has 0 aliphatic carbocycles. The highest BCUT2D eigenvalue weighted by Crippen LogP contribution is 2.13. The van der Waals surface area contributed by atoms with E-state index >= 15 is 0 Å². The van der Waals surface area contributed by atoms with Crippen molar-refractivity contribution in [2.75, 3.05) is 0 Å². The van der Waals surface area contributed by atoms with Crippen molar-refractivity contribution in [3.05, 3.63) is 72.1 Å². The van der Waals surface area contributed by atoms with Gasteiger partial charge in [0.2, 0.25) is 0 Å². The van der Waals surface area contributed by atoms with Crippen molar-refractivity contribution in [1.29, 1.82) is 0 Å². The number of nitrogens with zero attached hydrogens (tertiary/aromatic N) is 4. The summed E-state index contributed by atoms with van der Waals surface area (Å²) in [6.45, 7) is 1.54. The number of aromatic nitrogens is 5. The Morgan fingerprint density at radius 1 is 1.03 bits per heavy atom. The summed E-state index contributed by atoms with van der Waals surface area (Å²) >= 11 is 0. The van der Waals surface area contributed by atoms with E-state index in [1.807, 2.05) is 59.5 Å². The Kier molecular flexibility index (Phi) is 6.42. The fourth-order valence-corrected chi connectivity index (χ4v) is 2.52. The lowest BCUT2D eigenvalue weighted by Gasteiger charge is -2.03. The third-order valence-electron chi connectivity index (χ3n) is 3.94. The zero-order valence-corrected chi connectivity index (χ0v) is 15.5. The van der Waals surface area contributed by atoms with Gasteiger partial charge in [-0.2, -0.15) is 33.7 Å². The van der Waals surface area contributed by atoms with E-state index in [4.69, 9.17) is 9.90 Å². The first-order valence-electron chi connectivity index (χ1n) is 8.72. The van der Waals surface area contributed by atoms with Gasteiger partial charge < -0.3 is 10.4 Å². The molecule has 0 aliphatic rings. The molecule has 156 valence electrons. The van der Waals surface area contributed by atoms with E-state index in [9.17, 15) is 13.2 Å². The zero-order valence-electron chi connectivity index (χ0n) is 15.5. The maximum Gasteiger partial charge on any atom is 0.490 e. The molecule has 0 spiro atoms. The number of para-hydroxylation sites is 1.